The molecule has 0 saturated carbocycles. The van der Waals surface area contributed by atoms with E-state index in [2.05, 4.69) is 84.2 Å². The minimum Gasteiger partial charge on any atom is -0.320 e. The first-order chi connectivity index (χ1) is 16.7. The van der Waals surface area contributed by atoms with E-state index < -0.39 is 0 Å². The van der Waals surface area contributed by atoms with E-state index in [0.717, 1.165) is 36.3 Å². The highest BCUT2D eigenvalue weighted by Crippen LogP contribution is 2.37. The van der Waals surface area contributed by atoms with Crippen molar-refractivity contribution in [3.8, 4) is 0 Å². The van der Waals surface area contributed by atoms with E-state index in [1.807, 2.05) is 6.20 Å². The van der Waals surface area contributed by atoms with Crippen molar-refractivity contribution < 1.29 is 0 Å². The van der Waals surface area contributed by atoms with Gasteiger partial charge in [0.25, 0.3) is 0 Å². The standard InChI is InChI=1S/C29H37N5/c1-4-6-7-11-14-24(5-2)34-27-25-17-18-33(32-23-12-9-8-10-13-23)29(25)30-20-26(27)31-28(34)22-16-15-21(3)19-22/h8-10,12,15-18,20,23-24,32H,4-7,11,13-14,19H2,1-3H3. The Morgan fingerprint density at radius 3 is 2.79 bits per heavy atom. The molecule has 5 heteroatoms. The van der Waals surface area contributed by atoms with Gasteiger partial charge in [0.15, 0.2) is 5.65 Å². The van der Waals surface area contributed by atoms with Gasteiger partial charge in [-0.25, -0.2) is 14.6 Å². The maximum Gasteiger partial charge on any atom is 0.160 e. The van der Waals surface area contributed by atoms with Gasteiger partial charge in [-0.2, -0.15) is 0 Å². The first-order valence-electron chi connectivity index (χ1n) is 13.0. The molecule has 2 unspecified atom stereocenters. The fraction of sp³-hybridized carbons (Fsp3) is 0.448. The number of rotatable bonds is 10. The van der Waals surface area contributed by atoms with Crippen LogP contribution in [0.1, 0.15) is 84.0 Å². The van der Waals surface area contributed by atoms with Gasteiger partial charge in [0.1, 0.15) is 11.3 Å². The molecule has 0 amide bonds. The summed E-state index contributed by atoms with van der Waals surface area (Å²) >= 11 is 0. The third kappa shape index (κ3) is 4.36. The Morgan fingerprint density at radius 1 is 1.15 bits per heavy atom. The van der Waals surface area contributed by atoms with Crippen molar-refractivity contribution in [3.63, 3.8) is 0 Å². The van der Waals surface area contributed by atoms with Gasteiger partial charge in [0, 0.05) is 17.6 Å². The molecule has 2 aliphatic carbocycles. The number of unbranched alkanes of at least 4 members (excludes halogenated alkanes) is 3. The second-order valence-electron chi connectivity index (χ2n) is 9.80. The number of hydrogen-bond acceptors (Lipinski definition) is 3. The summed E-state index contributed by atoms with van der Waals surface area (Å²) in [5, 5.41) is 1.18. The van der Waals surface area contributed by atoms with E-state index in [4.69, 9.17) is 9.97 Å². The lowest BCUT2D eigenvalue weighted by Crippen LogP contribution is -2.26. The predicted octanol–water partition coefficient (Wildman–Crippen LogP) is 7.47. The summed E-state index contributed by atoms with van der Waals surface area (Å²) in [6.07, 6.45) is 26.6. The second-order valence-corrected chi connectivity index (χ2v) is 9.80. The zero-order valence-corrected chi connectivity index (χ0v) is 20.8. The molecule has 0 saturated heterocycles. The van der Waals surface area contributed by atoms with Crippen LogP contribution in [0.25, 0.3) is 27.6 Å². The highest BCUT2D eigenvalue weighted by Gasteiger charge is 2.24. The number of pyridine rings is 1. The van der Waals surface area contributed by atoms with E-state index >= 15 is 0 Å². The predicted molar refractivity (Wildman–Crippen MR) is 144 cm³/mol. The normalized spacial score (nSPS) is 18.6. The van der Waals surface area contributed by atoms with Crippen molar-refractivity contribution in [2.24, 2.45) is 0 Å². The second kappa shape index (κ2) is 10.0. The van der Waals surface area contributed by atoms with Crippen LogP contribution in [0.15, 0.2) is 60.5 Å². The smallest absolute Gasteiger partial charge is 0.160 e. The van der Waals surface area contributed by atoms with Gasteiger partial charge in [-0.1, -0.05) is 81.6 Å². The lowest BCUT2D eigenvalue weighted by atomic mass is 10.0. The van der Waals surface area contributed by atoms with E-state index in [1.165, 1.54) is 54.2 Å². The summed E-state index contributed by atoms with van der Waals surface area (Å²) in [6, 6.07) is 2.92. The fourth-order valence-electron chi connectivity index (χ4n) is 5.35. The Balaban J connectivity index is 1.59. The Bertz CT molecular complexity index is 1280. The lowest BCUT2D eigenvalue weighted by Gasteiger charge is -2.22. The molecule has 0 bridgehead atoms. The average Bonchev–Trinajstić information content (AvgIpc) is 3.57. The number of hydrogen-bond donors (Lipinski definition) is 1. The molecule has 5 rings (SSSR count). The van der Waals surface area contributed by atoms with Crippen LogP contribution >= 0.6 is 0 Å². The van der Waals surface area contributed by atoms with Crippen LogP contribution in [0, 0.1) is 0 Å². The van der Waals surface area contributed by atoms with Crippen LogP contribution in [0.3, 0.4) is 0 Å². The third-order valence-electron chi connectivity index (χ3n) is 7.20. The molecule has 0 aliphatic heterocycles. The van der Waals surface area contributed by atoms with Crippen molar-refractivity contribution in [2.75, 3.05) is 5.43 Å². The summed E-state index contributed by atoms with van der Waals surface area (Å²) in [6.45, 7) is 6.81. The fourth-order valence-corrected chi connectivity index (χ4v) is 5.35. The first-order valence-corrected chi connectivity index (χ1v) is 13.0. The van der Waals surface area contributed by atoms with Gasteiger partial charge >= 0.3 is 0 Å². The molecule has 3 aromatic rings. The van der Waals surface area contributed by atoms with Gasteiger partial charge in [0.2, 0.25) is 0 Å². The van der Waals surface area contributed by atoms with Crippen molar-refractivity contribution in [2.45, 2.75) is 84.2 Å². The van der Waals surface area contributed by atoms with Crippen molar-refractivity contribution in [3.05, 3.63) is 66.3 Å². The van der Waals surface area contributed by atoms with Crippen LogP contribution < -0.4 is 5.43 Å². The molecular weight excluding hydrogens is 418 g/mol. The zero-order valence-electron chi connectivity index (χ0n) is 20.8. The topological polar surface area (TPSA) is 47.7 Å². The Kier molecular flexibility index (Phi) is 6.70. The van der Waals surface area contributed by atoms with Crippen LogP contribution in [-0.2, 0) is 0 Å². The zero-order chi connectivity index (χ0) is 23.5. The third-order valence-corrected chi connectivity index (χ3v) is 7.20. The molecule has 3 heterocycles. The summed E-state index contributed by atoms with van der Waals surface area (Å²) < 4.78 is 4.64. The number of aromatic nitrogens is 4. The maximum absolute atomic E-state index is 5.17. The Hall–Kier alpha value is -3.08. The first kappa shape index (κ1) is 22.7. The molecule has 2 aliphatic rings. The summed E-state index contributed by atoms with van der Waals surface area (Å²) in [7, 11) is 0. The van der Waals surface area contributed by atoms with Crippen LogP contribution in [0.2, 0.25) is 0 Å². The van der Waals surface area contributed by atoms with Crippen LogP contribution in [0.4, 0.5) is 0 Å². The summed E-state index contributed by atoms with van der Waals surface area (Å²) in [5.74, 6) is 1.13. The largest absolute Gasteiger partial charge is 0.320 e. The highest BCUT2D eigenvalue weighted by atomic mass is 15.4. The monoisotopic (exact) mass is 455 g/mol. The molecule has 0 spiro atoms. The van der Waals surface area contributed by atoms with E-state index in [1.54, 1.807) is 0 Å². The summed E-state index contributed by atoms with van der Waals surface area (Å²) in [5.41, 5.74) is 9.54. The lowest BCUT2D eigenvalue weighted by molar-refractivity contribution is 0.434. The molecular formula is C29H37N5. The Labute approximate surface area is 202 Å². The van der Waals surface area contributed by atoms with Gasteiger partial charge in [0.05, 0.1) is 17.8 Å². The SMILES string of the molecule is CCCCCCC(CC)n1c(C2=CC=C(C)C2)nc2cnc3c(ccn3NC3C=CC=CC3)c21. The number of imidazole rings is 1. The number of allylic oxidation sites excluding steroid dienone is 6. The van der Waals surface area contributed by atoms with Gasteiger partial charge < -0.3 is 9.99 Å². The van der Waals surface area contributed by atoms with E-state index in [0.29, 0.717) is 6.04 Å². The molecule has 34 heavy (non-hydrogen) atoms. The van der Waals surface area contributed by atoms with E-state index in [-0.39, 0.29) is 6.04 Å². The molecule has 0 radical (unpaired) electrons. The van der Waals surface area contributed by atoms with Crippen molar-refractivity contribution >= 4 is 27.6 Å². The van der Waals surface area contributed by atoms with Crippen molar-refractivity contribution in [1.82, 2.24) is 19.2 Å². The van der Waals surface area contributed by atoms with Crippen molar-refractivity contribution in [1.29, 1.82) is 0 Å². The molecule has 2 atom stereocenters. The van der Waals surface area contributed by atoms with Crippen LogP contribution in [0.5, 0.6) is 0 Å². The van der Waals surface area contributed by atoms with E-state index in [9.17, 15) is 0 Å². The Morgan fingerprint density at radius 2 is 2.06 bits per heavy atom. The molecule has 1 N–H and O–H groups in total. The molecule has 0 fully saturated rings. The number of nitrogens with one attached hydrogen (secondary N) is 1. The van der Waals surface area contributed by atoms with Crippen LogP contribution in [-0.4, -0.2) is 25.3 Å². The minimum atomic E-state index is 0.276. The van der Waals surface area contributed by atoms with Gasteiger partial charge in [-0.3, -0.25) is 0 Å². The highest BCUT2D eigenvalue weighted by molar-refractivity contribution is 6.02. The van der Waals surface area contributed by atoms with Gasteiger partial charge in [-0.15, -0.1) is 0 Å². The molecule has 5 nitrogen and oxygen atoms in total. The molecule has 3 aromatic heterocycles. The maximum atomic E-state index is 5.17. The quantitative estimate of drug-likeness (QED) is 0.323. The number of fused-ring (bicyclic) bond motifs is 3. The molecule has 178 valence electrons. The average molecular weight is 456 g/mol. The molecule has 0 aromatic carbocycles. The van der Waals surface area contributed by atoms with Gasteiger partial charge in [-0.05, 0) is 44.2 Å². The summed E-state index contributed by atoms with van der Waals surface area (Å²) in [4.78, 5) is 10.0. The minimum absolute atomic E-state index is 0.276. The number of nitrogens with zero attached hydrogens (tertiary/aromatic N) is 4.